The van der Waals surface area contributed by atoms with Crippen LogP contribution in [0.25, 0.3) is 6.08 Å². The smallest absolute Gasteiger partial charge is 0.122 e. The first kappa shape index (κ1) is 11.1. The average molecular weight is 224 g/mol. The number of nitrogens with zero attached hydrogens (tertiary/aromatic N) is 2. The van der Waals surface area contributed by atoms with Gasteiger partial charge in [-0.1, -0.05) is 30.9 Å². The van der Waals surface area contributed by atoms with Crippen molar-refractivity contribution in [2.75, 3.05) is 0 Å². The number of benzene rings is 2. The van der Waals surface area contributed by atoms with Crippen molar-refractivity contribution in [2.24, 2.45) is 10.2 Å². The van der Waals surface area contributed by atoms with Crippen molar-refractivity contribution in [3.05, 3.63) is 60.7 Å². The Hall–Kier alpha value is -2.42. The van der Waals surface area contributed by atoms with Gasteiger partial charge in [0.2, 0.25) is 0 Å². The van der Waals surface area contributed by atoms with Crippen LogP contribution in [0.15, 0.2) is 65.3 Å². The highest BCUT2D eigenvalue weighted by molar-refractivity contribution is 5.60. The number of azo groups is 1. The van der Waals surface area contributed by atoms with Crippen LogP contribution in [0.3, 0.4) is 0 Å². The van der Waals surface area contributed by atoms with Gasteiger partial charge < -0.3 is 5.11 Å². The molecule has 0 radical (unpaired) electrons. The molecule has 2 aromatic rings. The zero-order chi connectivity index (χ0) is 12.1. The summed E-state index contributed by atoms with van der Waals surface area (Å²) in [5.74, 6) is 0.193. The summed E-state index contributed by atoms with van der Waals surface area (Å²) in [6.07, 6.45) is 1.58. The molecule has 17 heavy (non-hydrogen) atoms. The summed E-state index contributed by atoms with van der Waals surface area (Å²) in [4.78, 5) is 0. The molecule has 0 atom stereocenters. The monoisotopic (exact) mass is 224 g/mol. The first-order valence-corrected chi connectivity index (χ1v) is 5.22. The number of phenolic OH excluding ortho intramolecular Hbond substituents is 1. The second-order valence-electron chi connectivity index (χ2n) is 3.48. The van der Waals surface area contributed by atoms with Crippen LogP contribution >= 0.6 is 0 Å². The molecule has 84 valence electrons. The van der Waals surface area contributed by atoms with Gasteiger partial charge in [-0.25, -0.2) is 0 Å². The molecular weight excluding hydrogens is 212 g/mol. The van der Waals surface area contributed by atoms with Crippen LogP contribution in [-0.2, 0) is 0 Å². The van der Waals surface area contributed by atoms with E-state index in [9.17, 15) is 5.11 Å². The topological polar surface area (TPSA) is 45.0 Å². The van der Waals surface area contributed by atoms with E-state index < -0.39 is 0 Å². The Morgan fingerprint density at radius 3 is 2.35 bits per heavy atom. The van der Waals surface area contributed by atoms with E-state index in [1.165, 1.54) is 0 Å². The van der Waals surface area contributed by atoms with E-state index in [4.69, 9.17) is 0 Å². The summed E-state index contributed by atoms with van der Waals surface area (Å²) in [6, 6.07) is 14.5. The maximum Gasteiger partial charge on any atom is 0.122 e. The highest BCUT2D eigenvalue weighted by Crippen LogP contribution is 2.25. The Morgan fingerprint density at radius 2 is 1.65 bits per heavy atom. The molecule has 0 heterocycles. The molecule has 0 bridgehead atoms. The van der Waals surface area contributed by atoms with Crippen LogP contribution in [0.4, 0.5) is 11.4 Å². The molecule has 1 N–H and O–H groups in total. The molecule has 2 rings (SSSR count). The predicted molar refractivity (Wildman–Crippen MR) is 68.8 cm³/mol. The van der Waals surface area contributed by atoms with Crippen LogP contribution in [0.2, 0.25) is 0 Å². The van der Waals surface area contributed by atoms with Crippen LogP contribution in [0, 0.1) is 0 Å². The van der Waals surface area contributed by atoms with E-state index in [0.29, 0.717) is 11.3 Å². The molecule has 0 aliphatic heterocycles. The fourth-order valence-corrected chi connectivity index (χ4v) is 1.38. The molecule has 0 saturated heterocycles. The Kier molecular flexibility index (Phi) is 3.31. The highest BCUT2D eigenvalue weighted by atomic mass is 16.3. The van der Waals surface area contributed by atoms with Crippen LogP contribution in [0.1, 0.15) is 5.56 Å². The molecule has 3 nitrogen and oxygen atoms in total. The average Bonchev–Trinajstić information content (AvgIpc) is 2.39. The summed E-state index contributed by atoms with van der Waals surface area (Å²) in [6.45, 7) is 3.62. The van der Waals surface area contributed by atoms with Gasteiger partial charge in [0.1, 0.15) is 5.75 Å². The van der Waals surface area contributed by atoms with Gasteiger partial charge in [-0.2, -0.15) is 10.2 Å². The minimum absolute atomic E-state index is 0.193. The van der Waals surface area contributed by atoms with Crippen LogP contribution in [0.5, 0.6) is 5.75 Å². The molecule has 0 unspecified atom stereocenters. The van der Waals surface area contributed by atoms with Gasteiger partial charge in [0.25, 0.3) is 0 Å². The lowest BCUT2D eigenvalue weighted by Gasteiger charge is -1.99. The lowest BCUT2D eigenvalue weighted by atomic mass is 10.2. The molecule has 0 saturated carbocycles. The van der Waals surface area contributed by atoms with Crippen molar-refractivity contribution >= 4 is 17.5 Å². The lowest BCUT2D eigenvalue weighted by molar-refractivity contribution is 0.474. The third kappa shape index (κ3) is 2.78. The van der Waals surface area contributed by atoms with E-state index in [-0.39, 0.29) is 5.75 Å². The van der Waals surface area contributed by atoms with Crippen molar-refractivity contribution in [1.29, 1.82) is 0 Å². The zero-order valence-electron chi connectivity index (χ0n) is 9.24. The zero-order valence-corrected chi connectivity index (χ0v) is 9.24. The van der Waals surface area contributed by atoms with Crippen LogP contribution < -0.4 is 0 Å². The molecule has 0 fully saturated rings. The third-order valence-electron chi connectivity index (χ3n) is 2.27. The van der Waals surface area contributed by atoms with E-state index in [1.807, 2.05) is 30.3 Å². The molecule has 0 amide bonds. The second-order valence-corrected chi connectivity index (χ2v) is 3.48. The van der Waals surface area contributed by atoms with Gasteiger partial charge in [-0.05, 0) is 30.3 Å². The number of phenols is 1. The largest absolute Gasteiger partial charge is 0.507 e. The van der Waals surface area contributed by atoms with Gasteiger partial charge in [0.15, 0.2) is 0 Å². The maximum atomic E-state index is 9.48. The Morgan fingerprint density at radius 1 is 0.941 bits per heavy atom. The first-order chi connectivity index (χ1) is 8.29. The van der Waals surface area contributed by atoms with Crippen molar-refractivity contribution in [3.8, 4) is 5.75 Å². The van der Waals surface area contributed by atoms with Crippen molar-refractivity contribution < 1.29 is 5.11 Å². The van der Waals surface area contributed by atoms with E-state index in [1.54, 1.807) is 24.3 Å². The standard InChI is InChI=1S/C14H12N2O/c1-2-11-10-13(8-9-14(11)17)16-15-12-6-4-3-5-7-12/h2-10,17H,1H2. The molecule has 0 aliphatic carbocycles. The minimum Gasteiger partial charge on any atom is -0.507 e. The Balaban J connectivity index is 2.25. The number of rotatable bonds is 3. The van der Waals surface area contributed by atoms with Gasteiger partial charge in [0, 0.05) is 5.56 Å². The predicted octanol–water partition coefficient (Wildman–Crippen LogP) is 4.45. The SMILES string of the molecule is C=Cc1cc(N=Nc2ccccc2)ccc1O. The van der Waals surface area contributed by atoms with E-state index >= 15 is 0 Å². The first-order valence-electron chi connectivity index (χ1n) is 5.22. The highest BCUT2D eigenvalue weighted by Gasteiger charge is 1.98. The Bertz CT molecular complexity index is 547. The summed E-state index contributed by atoms with van der Waals surface area (Å²) in [5, 5.41) is 17.7. The summed E-state index contributed by atoms with van der Waals surface area (Å²) >= 11 is 0. The van der Waals surface area contributed by atoms with E-state index in [0.717, 1.165) is 5.69 Å². The van der Waals surface area contributed by atoms with Crippen LogP contribution in [-0.4, -0.2) is 5.11 Å². The summed E-state index contributed by atoms with van der Waals surface area (Å²) in [5.41, 5.74) is 2.12. The molecule has 0 aromatic heterocycles. The van der Waals surface area contributed by atoms with Crippen molar-refractivity contribution in [2.45, 2.75) is 0 Å². The fourth-order valence-electron chi connectivity index (χ4n) is 1.38. The van der Waals surface area contributed by atoms with Gasteiger partial charge >= 0.3 is 0 Å². The summed E-state index contributed by atoms with van der Waals surface area (Å²) < 4.78 is 0. The number of hydrogen-bond acceptors (Lipinski definition) is 3. The molecule has 3 heteroatoms. The summed E-state index contributed by atoms with van der Waals surface area (Å²) in [7, 11) is 0. The molecule has 0 spiro atoms. The van der Waals surface area contributed by atoms with Crippen molar-refractivity contribution in [1.82, 2.24) is 0 Å². The molecular formula is C14H12N2O. The Labute approximate surface area is 99.8 Å². The van der Waals surface area contributed by atoms with Gasteiger partial charge in [-0.3, -0.25) is 0 Å². The molecule has 2 aromatic carbocycles. The lowest BCUT2D eigenvalue weighted by Crippen LogP contribution is -1.73. The third-order valence-corrected chi connectivity index (χ3v) is 2.27. The minimum atomic E-state index is 0.193. The maximum absolute atomic E-state index is 9.48. The van der Waals surface area contributed by atoms with E-state index in [2.05, 4.69) is 16.8 Å². The number of aromatic hydroxyl groups is 1. The normalized spacial score (nSPS) is 10.6. The second kappa shape index (κ2) is 5.07. The van der Waals surface area contributed by atoms with Crippen molar-refractivity contribution in [3.63, 3.8) is 0 Å². The fraction of sp³-hybridized carbons (Fsp3) is 0. The van der Waals surface area contributed by atoms with Gasteiger partial charge in [0.05, 0.1) is 11.4 Å². The molecule has 0 aliphatic rings. The number of hydrogen-bond donors (Lipinski definition) is 1. The quantitative estimate of drug-likeness (QED) is 0.769. The van der Waals surface area contributed by atoms with Gasteiger partial charge in [-0.15, -0.1) is 0 Å².